The molecule has 1 N–H and O–H groups in total. The van der Waals surface area contributed by atoms with E-state index >= 15 is 0 Å². The first-order valence-corrected chi connectivity index (χ1v) is 8.56. The Kier molecular flexibility index (Phi) is 4.17. The molecule has 0 unspecified atom stereocenters. The second kappa shape index (κ2) is 6.77. The molecule has 0 saturated heterocycles. The van der Waals surface area contributed by atoms with Gasteiger partial charge in [0.05, 0.1) is 5.69 Å². The van der Waals surface area contributed by atoms with Crippen LogP contribution in [0.15, 0.2) is 72.8 Å². The Morgan fingerprint density at radius 3 is 2.04 bits per heavy atom. The van der Waals surface area contributed by atoms with Crippen LogP contribution in [0.3, 0.4) is 0 Å². The van der Waals surface area contributed by atoms with Crippen molar-refractivity contribution < 1.29 is 0 Å². The lowest BCUT2D eigenvalue weighted by molar-refractivity contribution is 0.766. The highest BCUT2D eigenvalue weighted by atomic mass is 15.5. The molecule has 0 atom stereocenters. The predicted octanol–water partition coefficient (Wildman–Crippen LogP) is 4.60. The largest absolute Gasteiger partial charge is 0.379 e. The summed E-state index contributed by atoms with van der Waals surface area (Å²) in [5.74, 6) is 0. The molecule has 0 fully saturated rings. The molecule has 0 radical (unpaired) electrons. The summed E-state index contributed by atoms with van der Waals surface area (Å²) in [6.07, 6.45) is 1.06. The van der Waals surface area contributed by atoms with E-state index in [4.69, 9.17) is 0 Å². The maximum atomic E-state index is 4.59. The van der Waals surface area contributed by atoms with Crippen LogP contribution < -0.4 is 5.32 Å². The SMILES string of the molecule is CCc1ccc(CNc2ccccc2-n2nc3ccccc3n2)cc1. The van der Waals surface area contributed by atoms with E-state index in [0.717, 1.165) is 35.4 Å². The van der Waals surface area contributed by atoms with Crippen molar-refractivity contribution in [3.05, 3.63) is 83.9 Å². The predicted molar refractivity (Wildman–Crippen MR) is 102 cm³/mol. The zero-order chi connectivity index (χ0) is 17.1. The maximum Gasteiger partial charge on any atom is 0.113 e. The first-order valence-electron chi connectivity index (χ1n) is 8.56. The van der Waals surface area contributed by atoms with E-state index in [-0.39, 0.29) is 0 Å². The summed E-state index contributed by atoms with van der Waals surface area (Å²) in [5.41, 5.74) is 6.37. The fourth-order valence-corrected chi connectivity index (χ4v) is 2.86. The molecule has 25 heavy (non-hydrogen) atoms. The molecule has 1 heterocycles. The summed E-state index contributed by atoms with van der Waals surface area (Å²) < 4.78 is 0. The van der Waals surface area contributed by atoms with Gasteiger partial charge in [-0.15, -0.1) is 15.0 Å². The number of nitrogens with zero attached hydrogens (tertiary/aromatic N) is 3. The van der Waals surface area contributed by atoms with Crippen LogP contribution in [0.25, 0.3) is 16.7 Å². The van der Waals surface area contributed by atoms with E-state index in [1.165, 1.54) is 11.1 Å². The molecule has 0 aliphatic rings. The highest BCUT2D eigenvalue weighted by molar-refractivity contribution is 5.74. The van der Waals surface area contributed by atoms with Crippen molar-refractivity contribution >= 4 is 16.7 Å². The Bertz CT molecular complexity index is 953. The number of nitrogens with one attached hydrogen (secondary N) is 1. The third-order valence-corrected chi connectivity index (χ3v) is 4.32. The molecule has 124 valence electrons. The monoisotopic (exact) mass is 328 g/mol. The molecule has 3 aromatic carbocycles. The fraction of sp³-hybridized carbons (Fsp3) is 0.143. The number of hydrogen-bond acceptors (Lipinski definition) is 3. The minimum atomic E-state index is 0.766. The normalized spacial score (nSPS) is 10.9. The molecule has 0 amide bonds. The molecule has 0 bridgehead atoms. The van der Waals surface area contributed by atoms with E-state index in [9.17, 15) is 0 Å². The van der Waals surface area contributed by atoms with Gasteiger partial charge < -0.3 is 5.32 Å². The molecule has 4 nitrogen and oxygen atoms in total. The van der Waals surface area contributed by atoms with Gasteiger partial charge in [-0.3, -0.25) is 0 Å². The van der Waals surface area contributed by atoms with Crippen molar-refractivity contribution in [2.75, 3.05) is 5.32 Å². The number of para-hydroxylation sites is 2. The van der Waals surface area contributed by atoms with Crippen molar-refractivity contribution in [3.63, 3.8) is 0 Å². The lowest BCUT2D eigenvalue weighted by Gasteiger charge is -2.11. The Labute approximate surface area is 147 Å². The van der Waals surface area contributed by atoms with Gasteiger partial charge in [-0.05, 0) is 41.8 Å². The minimum Gasteiger partial charge on any atom is -0.379 e. The summed E-state index contributed by atoms with van der Waals surface area (Å²) in [6.45, 7) is 2.94. The third kappa shape index (κ3) is 3.24. The number of fused-ring (bicyclic) bond motifs is 1. The van der Waals surface area contributed by atoms with Gasteiger partial charge in [-0.25, -0.2) is 0 Å². The molecule has 4 rings (SSSR count). The van der Waals surface area contributed by atoms with Gasteiger partial charge in [-0.1, -0.05) is 55.5 Å². The lowest BCUT2D eigenvalue weighted by atomic mass is 10.1. The average Bonchev–Trinajstić information content (AvgIpc) is 3.11. The Balaban J connectivity index is 1.60. The van der Waals surface area contributed by atoms with Gasteiger partial charge in [0.25, 0.3) is 0 Å². The van der Waals surface area contributed by atoms with Crippen LogP contribution in [0.4, 0.5) is 5.69 Å². The van der Waals surface area contributed by atoms with Crippen molar-refractivity contribution in [1.82, 2.24) is 15.0 Å². The lowest BCUT2D eigenvalue weighted by Crippen LogP contribution is -2.06. The van der Waals surface area contributed by atoms with Gasteiger partial charge in [0.2, 0.25) is 0 Å². The van der Waals surface area contributed by atoms with Crippen LogP contribution >= 0.6 is 0 Å². The summed E-state index contributed by atoms with van der Waals surface area (Å²) in [6, 6.07) is 24.7. The average molecular weight is 328 g/mol. The number of hydrogen-bond donors (Lipinski definition) is 1. The van der Waals surface area contributed by atoms with Crippen molar-refractivity contribution in [1.29, 1.82) is 0 Å². The van der Waals surface area contributed by atoms with Gasteiger partial charge in [0, 0.05) is 6.54 Å². The quantitative estimate of drug-likeness (QED) is 0.582. The first-order chi connectivity index (χ1) is 12.3. The van der Waals surface area contributed by atoms with Crippen LogP contribution in [0, 0.1) is 0 Å². The molecular weight excluding hydrogens is 308 g/mol. The van der Waals surface area contributed by atoms with Crippen molar-refractivity contribution in [3.8, 4) is 5.69 Å². The molecule has 4 aromatic rings. The maximum absolute atomic E-state index is 4.59. The summed E-state index contributed by atoms with van der Waals surface area (Å²) in [7, 11) is 0. The molecule has 1 aromatic heterocycles. The first kappa shape index (κ1) is 15.4. The van der Waals surface area contributed by atoms with E-state index in [0.29, 0.717) is 0 Å². The van der Waals surface area contributed by atoms with E-state index < -0.39 is 0 Å². The number of anilines is 1. The number of aromatic nitrogens is 3. The summed E-state index contributed by atoms with van der Waals surface area (Å²) in [5, 5.41) is 12.7. The second-order valence-electron chi connectivity index (χ2n) is 6.02. The van der Waals surface area contributed by atoms with Gasteiger partial charge in [0.1, 0.15) is 16.7 Å². The standard InChI is InChI=1S/C21H20N4/c1-2-16-11-13-17(14-12-16)15-22-20-9-5-6-10-21(20)25-23-18-7-3-4-8-19(18)24-25/h3-14,22H,2,15H2,1H3. The minimum absolute atomic E-state index is 0.766. The Hall–Kier alpha value is -3.14. The van der Waals surface area contributed by atoms with Crippen LogP contribution in [-0.2, 0) is 13.0 Å². The number of benzene rings is 3. The van der Waals surface area contributed by atoms with Crippen LogP contribution in [0.2, 0.25) is 0 Å². The van der Waals surface area contributed by atoms with Crippen LogP contribution in [-0.4, -0.2) is 15.0 Å². The van der Waals surface area contributed by atoms with Crippen LogP contribution in [0.5, 0.6) is 0 Å². The Morgan fingerprint density at radius 1 is 0.760 bits per heavy atom. The second-order valence-corrected chi connectivity index (χ2v) is 6.02. The molecule has 0 aliphatic heterocycles. The van der Waals surface area contributed by atoms with Gasteiger partial charge >= 0.3 is 0 Å². The zero-order valence-corrected chi connectivity index (χ0v) is 14.2. The molecule has 0 spiro atoms. The van der Waals surface area contributed by atoms with E-state index in [1.54, 1.807) is 4.80 Å². The highest BCUT2D eigenvalue weighted by Gasteiger charge is 2.08. The third-order valence-electron chi connectivity index (χ3n) is 4.32. The molecule has 4 heteroatoms. The topological polar surface area (TPSA) is 42.7 Å². The summed E-state index contributed by atoms with van der Waals surface area (Å²) in [4.78, 5) is 1.70. The Morgan fingerprint density at radius 2 is 1.36 bits per heavy atom. The van der Waals surface area contributed by atoms with E-state index in [1.807, 2.05) is 42.5 Å². The smallest absolute Gasteiger partial charge is 0.113 e. The fourth-order valence-electron chi connectivity index (χ4n) is 2.86. The molecule has 0 aliphatic carbocycles. The van der Waals surface area contributed by atoms with Gasteiger partial charge in [0.15, 0.2) is 0 Å². The zero-order valence-electron chi connectivity index (χ0n) is 14.2. The van der Waals surface area contributed by atoms with Gasteiger partial charge in [-0.2, -0.15) is 0 Å². The number of aryl methyl sites for hydroxylation is 1. The van der Waals surface area contributed by atoms with Crippen molar-refractivity contribution in [2.45, 2.75) is 19.9 Å². The molecule has 0 saturated carbocycles. The van der Waals surface area contributed by atoms with Crippen molar-refractivity contribution in [2.24, 2.45) is 0 Å². The molecular formula is C21H20N4. The number of rotatable bonds is 5. The van der Waals surface area contributed by atoms with Crippen LogP contribution in [0.1, 0.15) is 18.1 Å². The van der Waals surface area contributed by atoms with E-state index in [2.05, 4.69) is 52.8 Å². The highest BCUT2D eigenvalue weighted by Crippen LogP contribution is 2.21. The summed E-state index contributed by atoms with van der Waals surface area (Å²) >= 11 is 0.